The van der Waals surface area contributed by atoms with E-state index >= 15 is 0 Å². The van der Waals surface area contributed by atoms with Crippen molar-refractivity contribution in [2.75, 3.05) is 5.32 Å². The molecule has 1 N–H and O–H groups in total. The Balaban J connectivity index is 3.08. The summed E-state index contributed by atoms with van der Waals surface area (Å²) in [6.45, 7) is 2.60. The highest BCUT2D eigenvalue weighted by molar-refractivity contribution is 5.88. The molecule has 0 aromatic heterocycles. The topological polar surface area (TPSA) is 46.2 Å². The number of halogens is 3. The lowest BCUT2D eigenvalue weighted by atomic mass is 10.0. The molecule has 1 aromatic rings. The monoisotopic (exact) mass is 273 g/mol. The van der Waals surface area contributed by atoms with Gasteiger partial charge in [-0.1, -0.05) is 0 Å². The third kappa shape index (κ3) is 5.11. The zero-order chi connectivity index (χ0) is 14.6. The van der Waals surface area contributed by atoms with Gasteiger partial charge in [0.2, 0.25) is 5.91 Å². The maximum atomic E-state index is 12.7. The van der Waals surface area contributed by atoms with E-state index in [0.29, 0.717) is 5.56 Å². The fraction of sp³-hybridized carbons (Fsp3) is 0.385. The predicted octanol–water partition coefficient (Wildman–Crippen LogP) is 3.19. The minimum atomic E-state index is -4.49. The summed E-state index contributed by atoms with van der Waals surface area (Å²) in [5, 5.41) is 2.32. The minimum absolute atomic E-state index is 0.0841. The highest BCUT2D eigenvalue weighted by Crippen LogP contribution is 2.32. The second-order valence-corrected chi connectivity index (χ2v) is 4.30. The molecule has 0 bridgehead atoms. The van der Waals surface area contributed by atoms with Crippen molar-refractivity contribution >= 4 is 17.4 Å². The molecule has 0 aliphatic heterocycles. The highest BCUT2D eigenvalue weighted by atomic mass is 19.4. The van der Waals surface area contributed by atoms with E-state index in [9.17, 15) is 22.8 Å². The summed E-state index contributed by atoms with van der Waals surface area (Å²) in [4.78, 5) is 21.8. The van der Waals surface area contributed by atoms with Crippen LogP contribution in [0.3, 0.4) is 0 Å². The van der Waals surface area contributed by atoms with Crippen LogP contribution in [0.2, 0.25) is 0 Å². The van der Waals surface area contributed by atoms with E-state index in [1.54, 1.807) is 0 Å². The lowest BCUT2D eigenvalue weighted by Gasteiger charge is -2.12. The molecule has 104 valence electrons. The molecule has 0 radical (unpaired) electrons. The molecule has 6 heteroatoms. The summed E-state index contributed by atoms with van der Waals surface area (Å²) in [6.07, 6.45) is -4.11. The molecule has 19 heavy (non-hydrogen) atoms. The first-order chi connectivity index (χ1) is 8.68. The molecule has 0 unspecified atom stereocenters. The normalized spacial score (nSPS) is 11.2. The van der Waals surface area contributed by atoms with Gasteiger partial charge in [0.1, 0.15) is 5.78 Å². The zero-order valence-electron chi connectivity index (χ0n) is 10.6. The van der Waals surface area contributed by atoms with E-state index in [0.717, 1.165) is 12.1 Å². The molecule has 1 amide bonds. The van der Waals surface area contributed by atoms with Crippen molar-refractivity contribution in [3.05, 3.63) is 29.3 Å². The van der Waals surface area contributed by atoms with Crippen molar-refractivity contribution in [1.82, 2.24) is 0 Å². The molecule has 3 nitrogen and oxygen atoms in total. The van der Waals surface area contributed by atoms with Gasteiger partial charge in [-0.15, -0.1) is 0 Å². The van der Waals surface area contributed by atoms with Crippen molar-refractivity contribution < 1.29 is 22.8 Å². The predicted molar refractivity (Wildman–Crippen MR) is 64.7 cm³/mol. The number of benzene rings is 1. The van der Waals surface area contributed by atoms with Gasteiger partial charge < -0.3 is 10.1 Å². The maximum Gasteiger partial charge on any atom is 0.416 e. The molecule has 0 aliphatic rings. The number of hydrogen-bond acceptors (Lipinski definition) is 2. The van der Waals surface area contributed by atoms with Crippen molar-refractivity contribution in [3.63, 3.8) is 0 Å². The Bertz CT molecular complexity index is 495. The molecule has 0 spiro atoms. The van der Waals surface area contributed by atoms with Crippen molar-refractivity contribution in [3.8, 4) is 0 Å². The Morgan fingerprint density at radius 2 is 1.79 bits per heavy atom. The standard InChI is InChI=1S/C13H14F3NO2/c1-8(18)3-4-10-5-11(13(14,15)16)7-12(6-10)17-9(2)19/h5-7H,3-4H2,1-2H3,(H,17,19). The van der Waals surface area contributed by atoms with Gasteiger partial charge >= 0.3 is 6.18 Å². The molecule has 0 saturated heterocycles. The van der Waals surface area contributed by atoms with Crippen molar-refractivity contribution in [2.45, 2.75) is 32.9 Å². The smallest absolute Gasteiger partial charge is 0.326 e. The molecule has 0 atom stereocenters. The number of hydrogen-bond donors (Lipinski definition) is 1. The number of aryl methyl sites for hydroxylation is 1. The van der Waals surface area contributed by atoms with Crippen LogP contribution in [0, 0.1) is 0 Å². The van der Waals surface area contributed by atoms with Crippen molar-refractivity contribution in [1.29, 1.82) is 0 Å². The van der Waals surface area contributed by atoms with Crippen LogP contribution in [-0.4, -0.2) is 11.7 Å². The fourth-order valence-corrected chi connectivity index (χ4v) is 1.60. The van der Waals surface area contributed by atoms with E-state index in [1.807, 2.05) is 0 Å². The van der Waals surface area contributed by atoms with Crippen LogP contribution in [0.25, 0.3) is 0 Å². The summed E-state index contributed by atoms with van der Waals surface area (Å²) in [7, 11) is 0. The van der Waals surface area contributed by atoms with Gasteiger partial charge in [-0.25, -0.2) is 0 Å². The Morgan fingerprint density at radius 3 is 2.26 bits per heavy atom. The van der Waals surface area contributed by atoms with Gasteiger partial charge in [0, 0.05) is 19.0 Å². The third-order valence-electron chi connectivity index (χ3n) is 2.41. The Labute approximate surface area is 108 Å². The van der Waals surface area contributed by atoms with Gasteiger partial charge in [0.15, 0.2) is 0 Å². The number of ketones is 1. The summed E-state index contributed by atoms with van der Waals surface area (Å²) >= 11 is 0. The molecular weight excluding hydrogens is 259 g/mol. The minimum Gasteiger partial charge on any atom is -0.326 e. The van der Waals surface area contributed by atoms with Crippen LogP contribution in [0.15, 0.2) is 18.2 Å². The first-order valence-corrected chi connectivity index (χ1v) is 5.66. The van der Waals surface area contributed by atoms with E-state index in [4.69, 9.17) is 0 Å². The number of carbonyl (C=O) groups is 2. The fourth-order valence-electron chi connectivity index (χ4n) is 1.60. The number of carbonyl (C=O) groups excluding carboxylic acids is 2. The van der Waals surface area contributed by atoms with Crippen LogP contribution in [0.5, 0.6) is 0 Å². The second kappa shape index (κ2) is 5.86. The first kappa shape index (κ1) is 15.2. The molecule has 0 heterocycles. The molecular formula is C13H14F3NO2. The summed E-state index contributed by atoms with van der Waals surface area (Å²) in [6, 6.07) is 3.31. The molecule has 0 fully saturated rings. The third-order valence-corrected chi connectivity index (χ3v) is 2.41. The average Bonchev–Trinajstić information content (AvgIpc) is 2.24. The lowest BCUT2D eigenvalue weighted by molar-refractivity contribution is -0.137. The van der Waals surface area contributed by atoms with E-state index in [1.165, 1.54) is 19.9 Å². The Morgan fingerprint density at radius 1 is 1.16 bits per heavy atom. The van der Waals surface area contributed by atoms with E-state index < -0.39 is 17.6 Å². The first-order valence-electron chi connectivity index (χ1n) is 5.66. The van der Waals surface area contributed by atoms with Crippen LogP contribution in [0.4, 0.5) is 18.9 Å². The lowest BCUT2D eigenvalue weighted by Crippen LogP contribution is -2.10. The maximum absolute atomic E-state index is 12.7. The molecule has 1 rings (SSSR count). The number of rotatable bonds is 4. The largest absolute Gasteiger partial charge is 0.416 e. The van der Waals surface area contributed by atoms with Crippen molar-refractivity contribution in [2.24, 2.45) is 0 Å². The van der Waals surface area contributed by atoms with Crippen LogP contribution < -0.4 is 5.32 Å². The SMILES string of the molecule is CC(=O)CCc1cc(NC(C)=O)cc(C(F)(F)F)c1. The molecule has 0 aliphatic carbocycles. The second-order valence-electron chi connectivity index (χ2n) is 4.30. The molecule has 0 saturated carbocycles. The Hall–Kier alpha value is -1.85. The van der Waals surface area contributed by atoms with Gasteiger partial charge in [0.05, 0.1) is 5.56 Å². The summed E-state index contributed by atoms with van der Waals surface area (Å²) in [5.74, 6) is -0.546. The van der Waals surface area contributed by atoms with Gasteiger partial charge in [-0.3, -0.25) is 4.79 Å². The van der Waals surface area contributed by atoms with E-state index in [-0.39, 0.29) is 24.3 Å². The number of nitrogens with one attached hydrogen (secondary N) is 1. The molecule has 1 aromatic carbocycles. The van der Waals surface area contributed by atoms with Crippen LogP contribution >= 0.6 is 0 Å². The van der Waals surface area contributed by atoms with Gasteiger partial charge in [0.25, 0.3) is 0 Å². The van der Waals surface area contributed by atoms with Gasteiger partial charge in [-0.2, -0.15) is 13.2 Å². The quantitative estimate of drug-likeness (QED) is 0.915. The zero-order valence-corrected chi connectivity index (χ0v) is 10.6. The summed E-state index contributed by atoms with van der Waals surface area (Å²) in [5.41, 5.74) is -0.382. The number of anilines is 1. The number of amides is 1. The number of alkyl halides is 3. The summed E-state index contributed by atoms with van der Waals surface area (Å²) < 4.78 is 38.1. The highest BCUT2D eigenvalue weighted by Gasteiger charge is 2.31. The van der Waals surface area contributed by atoms with Gasteiger partial charge in [-0.05, 0) is 37.1 Å². The van der Waals surface area contributed by atoms with E-state index in [2.05, 4.69) is 5.32 Å². The van der Waals surface area contributed by atoms with Crippen LogP contribution in [0.1, 0.15) is 31.4 Å². The average molecular weight is 273 g/mol. The van der Waals surface area contributed by atoms with Crippen LogP contribution in [-0.2, 0) is 22.2 Å². The number of Topliss-reactive ketones (excluding diaryl/α,β-unsaturated/α-hetero) is 1. The Kier molecular flexibility index (Phi) is 4.69.